The summed E-state index contributed by atoms with van der Waals surface area (Å²) in [5.41, 5.74) is 7.87. The number of hydrogen-bond acceptors (Lipinski definition) is 9. The first-order valence-corrected chi connectivity index (χ1v) is 16.4. The minimum Gasteiger partial charge on any atom is -0.467 e. The molecular formula is C33H40N4O6S. The standard InChI is InChI=1S/C33H40N4O6S/c1-20-9-11-24(12-10-20)27-25-17-21(2)36-14-15-37(32-34-18-23(19-35-32)13-16-42-44(8,39)40)28(29(25)36)22(3)26(27)30(31(38)41-7)43-33(4,5)6/h9-12,17-19,30H,13-16H2,1-8H3/t30-/m0/s1. The molecule has 0 bridgehead atoms. The van der Waals surface area contributed by atoms with Gasteiger partial charge in [-0.3, -0.25) is 4.18 Å². The Morgan fingerprint density at radius 2 is 1.70 bits per heavy atom. The molecule has 0 saturated heterocycles. The van der Waals surface area contributed by atoms with Crippen molar-refractivity contribution in [3.05, 3.63) is 70.7 Å². The van der Waals surface area contributed by atoms with Crippen LogP contribution in [0.25, 0.3) is 22.0 Å². The van der Waals surface area contributed by atoms with Crippen LogP contribution in [0, 0.1) is 20.8 Å². The molecule has 0 unspecified atom stereocenters. The van der Waals surface area contributed by atoms with E-state index in [1.807, 2.05) is 27.7 Å². The van der Waals surface area contributed by atoms with E-state index in [0.29, 0.717) is 18.9 Å². The molecule has 2 aromatic carbocycles. The van der Waals surface area contributed by atoms with Gasteiger partial charge in [0.1, 0.15) is 0 Å². The van der Waals surface area contributed by atoms with Crippen molar-refractivity contribution in [1.82, 2.24) is 14.5 Å². The van der Waals surface area contributed by atoms with E-state index in [4.69, 9.17) is 13.7 Å². The fourth-order valence-corrected chi connectivity index (χ4v) is 6.25. The highest BCUT2D eigenvalue weighted by molar-refractivity contribution is 7.85. The summed E-state index contributed by atoms with van der Waals surface area (Å²) in [6.07, 6.45) is 3.79. The number of hydrogen-bond donors (Lipinski definition) is 0. The van der Waals surface area contributed by atoms with Crippen molar-refractivity contribution in [2.24, 2.45) is 0 Å². The van der Waals surface area contributed by atoms with Crippen LogP contribution in [0.4, 0.5) is 11.6 Å². The number of benzene rings is 2. The van der Waals surface area contributed by atoms with Gasteiger partial charge < -0.3 is 18.9 Å². The second-order valence-electron chi connectivity index (χ2n) is 12.3. The third-order valence-corrected chi connectivity index (χ3v) is 8.35. The van der Waals surface area contributed by atoms with E-state index in [-0.39, 0.29) is 6.61 Å². The average Bonchev–Trinajstić information content (AvgIpc) is 3.29. The lowest BCUT2D eigenvalue weighted by molar-refractivity contribution is -0.164. The molecule has 2 aromatic heterocycles. The second-order valence-corrected chi connectivity index (χ2v) is 13.9. The van der Waals surface area contributed by atoms with Gasteiger partial charge in [0.2, 0.25) is 5.95 Å². The van der Waals surface area contributed by atoms with Crippen LogP contribution >= 0.6 is 0 Å². The van der Waals surface area contributed by atoms with Gasteiger partial charge in [-0.15, -0.1) is 0 Å². The largest absolute Gasteiger partial charge is 0.467 e. The van der Waals surface area contributed by atoms with Crippen molar-refractivity contribution in [3.8, 4) is 11.1 Å². The Morgan fingerprint density at radius 1 is 1.05 bits per heavy atom. The van der Waals surface area contributed by atoms with Crippen molar-refractivity contribution in [1.29, 1.82) is 0 Å². The Kier molecular flexibility index (Phi) is 8.58. The van der Waals surface area contributed by atoms with E-state index >= 15 is 0 Å². The number of ether oxygens (including phenoxy) is 2. The molecule has 0 aliphatic carbocycles. The number of aryl methyl sites for hydroxylation is 2. The molecule has 1 atom stereocenters. The SMILES string of the molecule is COC(=O)[C@@H](OC(C)(C)C)c1c(C)c2c3c(cc(C)n3CCN2c2ncc(CCOS(C)(=O)=O)cn2)c1-c1ccc(C)cc1. The molecule has 0 saturated carbocycles. The maximum atomic E-state index is 13.5. The predicted octanol–water partition coefficient (Wildman–Crippen LogP) is 5.72. The molecule has 234 valence electrons. The number of carbonyl (C=O) groups is 1. The third kappa shape index (κ3) is 6.36. The zero-order valence-electron chi connectivity index (χ0n) is 26.6. The predicted molar refractivity (Wildman–Crippen MR) is 171 cm³/mol. The number of nitrogens with zero attached hydrogens (tertiary/aromatic N) is 4. The maximum Gasteiger partial charge on any atom is 0.339 e. The van der Waals surface area contributed by atoms with Crippen molar-refractivity contribution >= 4 is 38.6 Å². The van der Waals surface area contributed by atoms with Crippen LogP contribution in [-0.4, -0.2) is 61.0 Å². The number of methoxy groups -OCH3 is 1. The molecule has 0 fully saturated rings. The highest BCUT2D eigenvalue weighted by Crippen LogP contribution is 2.49. The molecule has 10 nitrogen and oxygen atoms in total. The Hall–Kier alpha value is -3.80. The molecule has 0 N–H and O–H groups in total. The quantitative estimate of drug-likeness (QED) is 0.171. The summed E-state index contributed by atoms with van der Waals surface area (Å²) in [6, 6.07) is 10.5. The zero-order chi connectivity index (χ0) is 32.0. The van der Waals surface area contributed by atoms with Crippen LogP contribution < -0.4 is 4.90 Å². The first-order chi connectivity index (χ1) is 20.7. The zero-order valence-corrected chi connectivity index (χ0v) is 27.4. The number of esters is 1. The summed E-state index contributed by atoms with van der Waals surface area (Å²) in [6.45, 7) is 13.3. The van der Waals surface area contributed by atoms with Gasteiger partial charge >= 0.3 is 5.97 Å². The van der Waals surface area contributed by atoms with Gasteiger partial charge in [-0.2, -0.15) is 8.42 Å². The van der Waals surface area contributed by atoms with Crippen LogP contribution in [0.1, 0.15) is 54.8 Å². The van der Waals surface area contributed by atoms with E-state index in [2.05, 4.69) is 63.6 Å². The minimum absolute atomic E-state index is 0.0182. The van der Waals surface area contributed by atoms with E-state index in [9.17, 15) is 13.2 Å². The average molecular weight is 621 g/mol. The monoisotopic (exact) mass is 620 g/mol. The maximum absolute atomic E-state index is 13.5. The van der Waals surface area contributed by atoms with Crippen LogP contribution in [0.15, 0.2) is 42.7 Å². The van der Waals surface area contributed by atoms with Gasteiger partial charge in [0, 0.05) is 48.5 Å². The van der Waals surface area contributed by atoms with Gasteiger partial charge in [0.05, 0.1) is 36.8 Å². The summed E-state index contributed by atoms with van der Waals surface area (Å²) < 4.78 is 41.7. The van der Waals surface area contributed by atoms with Crippen LogP contribution in [0.3, 0.4) is 0 Å². The first kappa shape index (κ1) is 31.6. The van der Waals surface area contributed by atoms with Gasteiger partial charge in [-0.25, -0.2) is 14.8 Å². The molecule has 1 aliphatic heterocycles. The van der Waals surface area contributed by atoms with Gasteiger partial charge in [0.15, 0.2) is 6.10 Å². The summed E-state index contributed by atoms with van der Waals surface area (Å²) in [5, 5.41) is 1.01. The smallest absolute Gasteiger partial charge is 0.339 e. The van der Waals surface area contributed by atoms with E-state index in [0.717, 1.165) is 68.5 Å². The van der Waals surface area contributed by atoms with Crippen LogP contribution in [0.2, 0.25) is 0 Å². The van der Waals surface area contributed by atoms with Crippen molar-refractivity contribution in [2.75, 3.05) is 31.4 Å². The second kappa shape index (κ2) is 11.9. The number of rotatable bonds is 9. The lowest BCUT2D eigenvalue weighted by Gasteiger charge is -2.35. The lowest BCUT2D eigenvalue weighted by atomic mass is 9.87. The molecule has 0 radical (unpaired) electrons. The molecule has 1 aliphatic rings. The fourth-order valence-electron chi connectivity index (χ4n) is 5.86. The Morgan fingerprint density at radius 3 is 2.30 bits per heavy atom. The molecule has 5 rings (SSSR count). The van der Waals surface area contributed by atoms with E-state index in [1.165, 1.54) is 7.11 Å². The van der Waals surface area contributed by atoms with Crippen LogP contribution in [0.5, 0.6) is 0 Å². The highest BCUT2D eigenvalue weighted by atomic mass is 32.2. The molecule has 44 heavy (non-hydrogen) atoms. The summed E-state index contributed by atoms with van der Waals surface area (Å²) in [5.74, 6) is 0.0334. The normalized spacial score (nSPS) is 14.2. The summed E-state index contributed by atoms with van der Waals surface area (Å²) in [4.78, 5) is 24.9. The van der Waals surface area contributed by atoms with Crippen molar-refractivity contribution in [2.45, 2.75) is 66.2 Å². The van der Waals surface area contributed by atoms with E-state index < -0.39 is 27.8 Å². The molecule has 11 heteroatoms. The van der Waals surface area contributed by atoms with Gasteiger partial charge in [0.25, 0.3) is 10.1 Å². The molecule has 0 amide bonds. The molecule has 3 heterocycles. The first-order valence-electron chi connectivity index (χ1n) is 14.6. The third-order valence-electron chi connectivity index (χ3n) is 7.75. The summed E-state index contributed by atoms with van der Waals surface area (Å²) in [7, 11) is -2.14. The minimum atomic E-state index is -3.52. The molecule has 4 aromatic rings. The van der Waals surface area contributed by atoms with Crippen molar-refractivity contribution in [3.63, 3.8) is 0 Å². The van der Waals surface area contributed by atoms with Gasteiger partial charge in [-0.1, -0.05) is 29.8 Å². The molecular weight excluding hydrogens is 580 g/mol. The van der Waals surface area contributed by atoms with Gasteiger partial charge in [-0.05, 0) is 69.9 Å². The Balaban J connectivity index is 1.73. The Bertz CT molecular complexity index is 1810. The number of anilines is 2. The Labute approximate surface area is 259 Å². The summed E-state index contributed by atoms with van der Waals surface area (Å²) >= 11 is 0. The van der Waals surface area contributed by atoms with Crippen LogP contribution in [-0.2, 0) is 41.5 Å². The van der Waals surface area contributed by atoms with E-state index in [1.54, 1.807) is 12.4 Å². The molecule has 0 spiro atoms. The fraction of sp³-hybridized carbons (Fsp3) is 0.424. The number of aromatic nitrogens is 3. The topological polar surface area (TPSA) is 113 Å². The highest BCUT2D eigenvalue weighted by Gasteiger charge is 2.37. The number of carbonyl (C=O) groups excluding carboxylic acids is 1. The lowest BCUT2D eigenvalue weighted by Crippen LogP contribution is -2.32. The van der Waals surface area contributed by atoms with Crippen molar-refractivity contribution < 1.29 is 26.9 Å².